The van der Waals surface area contributed by atoms with E-state index in [0.29, 0.717) is 5.56 Å². The first-order valence-corrected chi connectivity index (χ1v) is 10.5. The third-order valence-corrected chi connectivity index (χ3v) is 4.78. The number of rotatable bonds is 11. The van der Waals surface area contributed by atoms with E-state index in [9.17, 15) is 19.8 Å². The number of amides is 1. The average Bonchev–Trinajstić information content (AvgIpc) is 2.69. The van der Waals surface area contributed by atoms with Gasteiger partial charge >= 0.3 is 5.97 Å². The predicted octanol–water partition coefficient (Wildman–Crippen LogP) is 4.72. The van der Waals surface area contributed by atoms with Gasteiger partial charge in [0.1, 0.15) is 6.04 Å². The number of nitrogens with one attached hydrogen (secondary N) is 1. The molecule has 1 aromatic carbocycles. The summed E-state index contributed by atoms with van der Waals surface area (Å²) in [5, 5.41) is 21.7. The highest BCUT2D eigenvalue weighted by atomic mass is 16.5. The third-order valence-electron chi connectivity index (χ3n) is 4.78. The SMILES string of the molecule is COC(=O)[C@H](Cc1ccc(O)c(O)c1)NC(=O)C=C(C)CCC=C(C)CCC=C(C)C. The number of aromatic hydroxyl groups is 2. The standard InChI is InChI=1S/C25H35NO5/c1-17(2)8-6-9-18(3)10-7-11-19(4)14-24(29)26-21(25(30)31-5)15-20-12-13-22(27)23(28)16-20/h8,10,12-14,16,21,27-28H,6-7,9,11,15H2,1-5H3,(H,26,29)/t21-/m0/s1. The molecule has 0 unspecified atom stereocenters. The normalized spacial score (nSPS) is 12.8. The fraction of sp³-hybridized carbons (Fsp3) is 0.440. The number of hydrogen-bond donors (Lipinski definition) is 3. The Morgan fingerprint density at radius 2 is 1.65 bits per heavy atom. The van der Waals surface area contributed by atoms with Crippen molar-refractivity contribution >= 4 is 11.9 Å². The number of hydrogen-bond acceptors (Lipinski definition) is 5. The number of phenolic OH excluding ortho intramolecular Hbond substituents is 2. The number of ether oxygens (including phenoxy) is 1. The van der Waals surface area contributed by atoms with Gasteiger partial charge in [-0.3, -0.25) is 4.79 Å². The molecule has 0 saturated heterocycles. The van der Waals surface area contributed by atoms with E-state index in [4.69, 9.17) is 4.74 Å². The largest absolute Gasteiger partial charge is 0.504 e. The van der Waals surface area contributed by atoms with E-state index in [1.165, 1.54) is 36.5 Å². The van der Waals surface area contributed by atoms with E-state index in [1.807, 2.05) is 6.92 Å². The topological polar surface area (TPSA) is 95.9 Å². The molecule has 1 atom stereocenters. The lowest BCUT2D eigenvalue weighted by atomic mass is 10.0. The van der Waals surface area contributed by atoms with Gasteiger partial charge in [0.05, 0.1) is 7.11 Å². The first-order valence-electron chi connectivity index (χ1n) is 10.5. The van der Waals surface area contributed by atoms with E-state index in [2.05, 4.69) is 38.2 Å². The number of allylic oxidation sites excluding steroid dienone is 5. The zero-order chi connectivity index (χ0) is 23.4. The molecule has 0 aliphatic heterocycles. The molecule has 170 valence electrons. The highest BCUT2D eigenvalue weighted by Crippen LogP contribution is 2.25. The fourth-order valence-electron chi connectivity index (χ4n) is 3.01. The lowest BCUT2D eigenvalue weighted by molar-refractivity contribution is -0.144. The Bertz CT molecular complexity index is 847. The minimum atomic E-state index is -0.900. The second-order valence-corrected chi connectivity index (χ2v) is 8.01. The molecule has 6 nitrogen and oxygen atoms in total. The van der Waals surface area contributed by atoms with Crippen LogP contribution in [0.1, 0.15) is 58.9 Å². The zero-order valence-corrected chi connectivity index (χ0v) is 19.2. The van der Waals surface area contributed by atoms with Crippen molar-refractivity contribution in [2.24, 2.45) is 0 Å². The summed E-state index contributed by atoms with van der Waals surface area (Å²) in [7, 11) is 1.25. The molecule has 3 N–H and O–H groups in total. The Labute approximate surface area is 185 Å². The van der Waals surface area contributed by atoms with Crippen molar-refractivity contribution in [2.75, 3.05) is 7.11 Å². The number of phenols is 2. The maximum absolute atomic E-state index is 12.4. The summed E-state index contributed by atoms with van der Waals surface area (Å²) >= 11 is 0. The average molecular weight is 430 g/mol. The number of carbonyl (C=O) groups excluding carboxylic acids is 2. The highest BCUT2D eigenvalue weighted by Gasteiger charge is 2.21. The summed E-state index contributed by atoms with van der Waals surface area (Å²) < 4.78 is 4.78. The molecule has 0 bridgehead atoms. The van der Waals surface area contributed by atoms with Crippen molar-refractivity contribution in [2.45, 2.75) is 65.8 Å². The summed E-state index contributed by atoms with van der Waals surface area (Å²) in [5.74, 6) is -1.49. The van der Waals surface area contributed by atoms with E-state index in [1.54, 1.807) is 6.07 Å². The molecule has 0 heterocycles. The van der Waals surface area contributed by atoms with Crippen molar-refractivity contribution < 1.29 is 24.5 Å². The van der Waals surface area contributed by atoms with Crippen LogP contribution in [0.2, 0.25) is 0 Å². The summed E-state index contributed by atoms with van der Waals surface area (Å²) in [6.07, 6.45) is 9.72. The zero-order valence-electron chi connectivity index (χ0n) is 19.2. The quantitative estimate of drug-likeness (QED) is 0.205. The third kappa shape index (κ3) is 10.5. The van der Waals surface area contributed by atoms with Crippen molar-refractivity contribution in [3.05, 3.63) is 58.7 Å². The van der Waals surface area contributed by atoms with Gasteiger partial charge in [0.25, 0.3) is 0 Å². The first kappa shape index (κ1) is 26.0. The summed E-state index contributed by atoms with van der Waals surface area (Å²) in [5.41, 5.74) is 4.15. The minimum Gasteiger partial charge on any atom is -0.504 e. The molecule has 1 aromatic rings. The second kappa shape index (κ2) is 13.3. The van der Waals surface area contributed by atoms with Gasteiger partial charge in [-0.05, 0) is 71.1 Å². The van der Waals surface area contributed by atoms with E-state index >= 15 is 0 Å². The molecule has 6 heteroatoms. The van der Waals surface area contributed by atoms with Gasteiger partial charge in [-0.15, -0.1) is 0 Å². The van der Waals surface area contributed by atoms with Crippen molar-refractivity contribution in [3.63, 3.8) is 0 Å². The Morgan fingerprint density at radius 1 is 1.00 bits per heavy atom. The van der Waals surface area contributed by atoms with Crippen molar-refractivity contribution in [1.29, 1.82) is 0 Å². The number of benzene rings is 1. The van der Waals surface area contributed by atoms with Crippen LogP contribution in [0.4, 0.5) is 0 Å². The van der Waals surface area contributed by atoms with Gasteiger partial charge < -0.3 is 20.3 Å². The molecule has 31 heavy (non-hydrogen) atoms. The van der Waals surface area contributed by atoms with Crippen LogP contribution in [0.15, 0.2) is 53.1 Å². The van der Waals surface area contributed by atoms with Gasteiger partial charge in [-0.25, -0.2) is 4.79 Å². The summed E-state index contributed by atoms with van der Waals surface area (Å²) in [4.78, 5) is 24.5. The molecule has 0 spiro atoms. The monoisotopic (exact) mass is 429 g/mol. The van der Waals surface area contributed by atoms with E-state index in [-0.39, 0.29) is 23.8 Å². The van der Waals surface area contributed by atoms with Gasteiger partial charge in [-0.2, -0.15) is 0 Å². The van der Waals surface area contributed by atoms with Gasteiger partial charge in [0.15, 0.2) is 11.5 Å². The molecule has 0 aromatic heterocycles. The van der Waals surface area contributed by atoms with Crippen molar-refractivity contribution in [3.8, 4) is 11.5 Å². The predicted molar refractivity (Wildman–Crippen MR) is 123 cm³/mol. The maximum atomic E-state index is 12.4. The summed E-state index contributed by atoms with van der Waals surface area (Å²) in [6.45, 7) is 8.19. The number of methoxy groups -OCH3 is 1. The van der Waals surface area contributed by atoms with Crippen LogP contribution in [0, 0.1) is 0 Å². The minimum absolute atomic E-state index is 0.132. The smallest absolute Gasteiger partial charge is 0.328 e. The Hall–Kier alpha value is -3.02. The van der Waals surface area contributed by atoms with Crippen LogP contribution < -0.4 is 5.32 Å². The molecule has 1 rings (SSSR count). The second-order valence-electron chi connectivity index (χ2n) is 8.01. The molecule has 0 radical (unpaired) electrons. The van der Waals surface area contributed by atoms with Crippen LogP contribution in [0.5, 0.6) is 11.5 Å². The Balaban J connectivity index is 2.65. The Morgan fingerprint density at radius 3 is 2.26 bits per heavy atom. The first-order chi connectivity index (χ1) is 14.6. The van der Waals surface area contributed by atoms with Crippen LogP contribution >= 0.6 is 0 Å². The van der Waals surface area contributed by atoms with E-state index < -0.39 is 12.0 Å². The number of esters is 1. The van der Waals surface area contributed by atoms with Crippen LogP contribution in [0.25, 0.3) is 0 Å². The number of carbonyl (C=O) groups is 2. The lowest BCUT2D eigenvalue weighted by Crippen LogP contribution is -2.42. The van der Waals surface area contributed by atoms with Crippen LogP contribution in [-0.2, 0) is 20.7 Å². The van der Waals surface area contributed by atoms with E-state index in [0.717, 1.165) is 31.3 Å². The molecular formula is C25H35NO5. The molecule has 0 fully saturated rings. The Kier molecular flexibility index (Phi) is 11.2. The molecular weight excluding hydrogens is 394 g/mol. The van der Waals surface area contributed by atoms with Gasteiger partial charge in [-0.1, -0.05) is 34.9 Å². The lowest BCUT2D eigenvalue weighted by Gasteiger charge is -2.16. The maximum Gasteiger partial charge on any atom is 0.328 e. The molecule has 1 amide bonds. The van der Waals surface area contributed by atoms with Crippen LogP contribution in [0.3, 0.4) is 0 Å². The highest BCUT2D eigenvalue weighted by molar-refractivity contribution is 5.92. The fourth-order valence-corrected chi connectivity index (χ4v) is 3.01. The van der Waals surface area contributed by atoms with Crippen molar-refractivity contribution in [1.82, 2.24) is 5.32 Å². The summed E-state index contributed by atoms with van der Waals surface area (Å²) in [6, 6.07) is 3.36. The van der Waals surface area contributed by atoms with Gasteiger partial charge in [0.2, 0.25) is 5.91 Å². The molecule has 0 aliphatic carbocycles. The van der Waals surface area contributed by atoms with Crippen LogP contribution in [-0.4, -0.2) is 35.2 Å². The molecule has 0 saturated carbocycles. The van der Waals surface area contributed by atoms with Gasteiger partial charge in [0, 0.05) is 12.5 Å². The molecule has 0 aliphatic rings.